The van der Waals surface area contributed by atoms with E-state index in [-0.39, 0.29) is 5.78 Å². The van der Waals surface area contributed by atoms with E-state index >= 15 is 0 Å². The van der Waals surface area contributed by atoms with E-state index in [1.807, 2.05) is 0 Å². The molecule has 0 aliphatic heterocycles. The lowest BCUT2D eigenvalue weighted by Gasteiger charge is -1.70. The predicted octanol–water partition coefficient (Wildman–Crippen LogP) is -1.07. The molecule has 0 aliphatic carbocycles. The Bertz CT molecular complexity index is 500. The van der Waals surface area contributed by atoms with Crippen LogP contribution in [0.25, 0.3) is 11.1 Å². The van der Waals surface area contributed by atoms with E-state index in [1.54, 1.807) is 0 Å². The number of carbonyl (C=O) groups excluding carboxylic acids is 1. The van der Waals surface area contributed by atoms with Crippen LogP contribution in [0, 0.1) is 0 Å². The molecule has 0 saturated carbocycles. The molecule has 0 aliphatic rings. The molecule has 5 heteroatoms. The molecule has 0 amide bonds. The van der Waals surface area contributed by atoms with Crippen LogP contribution in [0.3, 0.4) is 0 Å². The summed E-state index contributed by atoms with van der Waals surface area (Å²) in [6.07, 6.45) is 0. The minimum atomic E-state index is -0.254. The second-order valence-electron chi connectivity index (χ2n) is 2.42. The van der Waals surface area contributed by atoms with Crippen molar-refractivity contribution < 1.29 is 14.4 Å². The van der Waals surface area contributed by atoms with E-state index in [2.05, 4.69) is 9.58 Å². The molecule has 0 aromatic heterocycles. The maximum absolute atomic E-state index is 11.2. The summed E-state index contributed by atoms with van der Waals surface area (Å²) < 4.78 is 0. The van der Waals surface area contributed by atoms with Crippen LogP contribution in [0.5, 0.6) is 0 Å². The molecular formula is C7H2N4O. The van der Waals surface area contributed by atoms with Gasteiger partial charge in [0.1, 0.15) is 11.1 Å². The van der Waals surface area contributed by atoms with Crippen molar-refractivity contribution in [3.8, 4) is 0 Å². The highest BCUT2D eigenvalue weighted by atomic mass is 16.1. The summed E-state index contributed by atoms with van der Waals surface area (Å²) in [5.41, 5.74) is 17.2. The molecule has 2 rings (SSSR count). The lowest BCUT2D eigenvalue weighted by Crippen LogP contribution is -2.00. The van der Waals surface area contributed by atoms with Gasteiger partial charge in [-0.25, -0.2) is 0 Å². The minimum Gasteiger partial charge on any atom is -0.361 e. The fraction of sp³-hybridized carbons (Fsp3) is 0. The standard InChI is InChI=1S/C7H2N4O/c8-10-5-1-3(5)7(12)4-2-6(4)11-9/h1-2H. The SMILES string of the molecule is [N-]=[N+]=c1cc1C(=O)c1cc1=[N+]=[N-]. The Balaban J connectivity index is 2.37. The minimum absolute atomic E-state index is 0.254. The summed E-state index contributed by atoms with van der Waals surface area (Å²) >= 11 is 0. The summed E-state index contributed by atoms with van der Waals surface area (Å²) in [5, 5.41) is 0.593. The Hall–Kier alpha value is -2.09. The molecule has 0 radical (unpaired) electrons. The normalized spacial score (nSPS) is 10.0. The molecule has 0 heterocycles. The number of ketones is 1. The zero-order valence-electron chi connectivity index (χ0n) is 5.85. The van der Waals surface area contributed by atoms with Crippen LogP contribution in [-0.2, 0) is 0 Å². The van der Waals surface area contributed by atoms with E-state index in [4.69, 9.17) is 11.1 Å². The van der Waals surface area contributed by atoms with Gasteiger partial charge in [0.15, 0.2) is 0 Å². The first-order valence-electron chi connectivity index (χ1n) is 3.21. The van der Waals surface area contributed by atoms with Crippen molar-refractivity contribution in [3.63, 3.8) is 0 Å². The lowest BCUT2D eigenvalue weighted by atomic mass is 10.3. The van der Waals surface area contributed by atoms with Gasteiger partial charge in [-0.1, -0.05) is 0 Å². The van der Waals surface area contributed by atoms with Gasteiger partial charge in [0.05, 0.1) is 0 Å². The van der Waals surface area contributed by atoms with E-state index in [0.717, 1.165) is 0 Å². The van der Waals surface area contributed by atoms with E-state index in [1.165, 1.54) is 12.1 Å². The van der Waals surface area contributed by atoms with Crippen LogP contribution in [0.1, 0.15) is 15.9 Å². The third-order valence-corrected chi connectivity index (χ3v) is 1.65. The fourth-order valence-electron chi connectivity index (χ4n) is 0.876. The molecule has 0 N–H and O–H groups in total. The summed E-state index contributed by atoms with van der Waals surface area (Å²) in [7, 11) is 0. The van der Waals surface area contributed by atoms with E-state index in [0.29, 0.717) is 21.8 Å². The van der Waals surface area contributed by atoms with Crippen LogP contribution in [0.4, 0.5) is 0 Å². The highest BCUT2D eigenvalue weighted by Gasteiger charge is 2.31. The maximum Gasteiger partial charge on any atom is 0.327 e. The number of rotatable bonds is 2. The Labute approximate surface area is 66.1 Å². The molecule has 2 aromatic rings. The van der Waals surface area contributed by atoms with Gasteiger partial charge in [-0.05, 0) is 0 Å². The molecule has 0 bridgehead atoms. The average Bonchev–Trinajstić information content (AvgIpc) is 2.98. The summed E-state index contributed by atoms with van der Waals surface area (Å²) in [4.78, 5) is 16.9. The van der Waals surface area contributed by atoms with Crippen molar-refractivity contribution in [2.24, 2.45) is 0 Å². The van der Waals surface area contributed by atoms with Gasteiger partial charge in [-0.3, -0.25) is 4.79 Å². The number of hydrogen-bond donors (Lipinski definition) is 0. The van der Waals surface area contributed by atoms with Crippen molar-refractivity contribution in [2.75, 3.05) is 0 Å². The van der Waals surface area contributed by atoms with Gasteiger partial charge in [-0.2, -0.15) is 9.58 Å². The number of hydrogen-bond acceptors (Lipinski definition) is 1. The fourth-order valence-corrected chi connectivity index (χ4v) is 0.876. The number of nitrogens with zero attached hydrogens (tertiary/aromatic N) is 4. The highest BCUT2D eigenvalue weighted by molar-refractivity contribution is 6.12. The molecule has 0 atom stereocenters. The molecule has 5 nitrogen and oxygen atoms in total. The van der Waals surface area contributed by atoms with Crippen molar-refractivity contribution in [1.29, 1.82) is 0 Å². The molecule has 2 aromatic carbocycles. The van der Waals surface area contributed by atoms with Crippen LogP contribution < -0.4 is 10.7 Å². The molecule has 0 saturated heterocycles. The first-order chi connectivity index (χ1) is 5.77. The van der Waals surface area contributed by atoms with Gasteiger partial charge >= 0.3 is 10.7 Å². The van der Waals surface area contributed by atoms with Crippen molar-refractivity contribution >= 4 is 5.78 Å². The third-order valence-electron chi connectivity index (χ3n) is 1.65. The zero-order valence-corrected chi connectivity index (χ0v) is 5.85. The Morgan fingerprint density at radius 2 is 1.50 bits per heavy atom. The Kier molecular flexibility index (Phi) is 1.07. The Morgan fingerprint density at radius 1 is 1.08 bits per heavy atom. The van der Waals surface area contributed by atoms with E-state index < -0.39 is 0 Å². The number of carbonyl (C=O) groups is 1. The summed E-state index contributed by atoms with van der Waals surface area (Å²) in [5.74, 6) is -0.254. The van der Waals surface area contributed by atoms with Gasteiger partial charge in [0, 0.05) is 12.1 Å². The molecule has 12 heavy (non-hydrogen) atoms. The summed E-state index contributed by atoms with van der Waals surface area (Å²) in [6, 6.07) is 2.91. The lowest BCUT2D eigenvalue weighted by molar-refractivity contribution is -0.0599. The van der Waals surface area contributed by atoms with Crippen LogP contribution in [0.2, 0.25) is 0 Å². The monoisotopic (exact) mass is 158 g/mol. The Morgan fingerprint density at radius 3 is 1.75 bits per heavy atom. The van der Waals surface area contributed by atoms with Crippen molar-refractivity contribution in [2.45, 2.75) is 0 Å². The van der Waals surface area contributed by atoms with Crippen molar-refractivity contribution in [3.05, 3.63) is 45.0 Å². The molecule has 0 unspecified atom stereocenters. The second-order valence-corrected chi connectivity index (χ2v) is 2.42. The van der Waals surface area contributed by atoms with Gasteiger partial charge in [0.2, 0.25) is 5.78 Å². The average molecular weight is 158 g/mol. The zero-order chi connectivity index (χ0) is 8.72. The first-order valence-corrected chi connectivity index (χ1v) is 3.21. The van der Waals surface area contributed by atoms with Gasteiger partial charge in [0.25, 0.3) is 0 Å². The van der Waals surface area contributed by atoms with Crippen molar-refractivity contribution in [1.82, 2.24) is 0 Å². The third kappa shape index (κ3) is 0.787. The van der Waals surface area contributed by atoms with E-state index in [9.17, 15) is 4.79 Å². The van der Waals surface area contributed by atoms with Crippen LogP contribution in [-0.4, -0.2) is 15.4 Å². The van der Waals surface area contributed by atoms with Crippen LogP contribution in [0.15, 0.2) is 12.1 Å². The second kappa shape index (κ2) is 1.95. The molecule has 56 valence electrons. The maximum atomic E-state index is 11.2. The molecular weight excluding hydrogens is 156 g/mol. The smallest absolute Gasteiger partial charge is 0.327 e. The first kappa shape index (κ1) is 6.61. The topological polar surface area (TPSA) is 89.9 Å². The quantitative estimate of drug-likeness (QED) is 0.311. The molecule has 0 spiro atoms. The largest absolute Gasteiger partial charge is 0.361 e. The summed E-state index contributed by atoms with van der Waals surface area (Å²) in [6.45, 7) is 0. The predicted molar refractivity (Wildman–Crippen MR) is 34.6 cm³/mol. The van der Waals surface area contributed by atoms with Gasteiger partial charge in [-0.15, -0.1) is 0 Å². The molecule has 0 fully saturated rings. The highest BCUT2D eigenvalue weighted by Crippen LogP contribution is 2.06. The van der Waals surface area contributed by atoms with Gasteiger partial charge < -0.3 is 11.1 Å². The van der Waals surface area contributed by atoms with Crippen LogP contribution >= 0.6 is 0 Å².